The number of amides is 2. The number of carboxylic acid groups (broad SMARTS) is 1. The number of hydrogen-bond donors (Lipinski definition) is 3. The monoisotopic (exact) mass is 484 g/mol. The van der Waals surface area contributed by atoms with Gasteiger partial charge in [-0.2, -0.15) is 11.8 Å². The Hall–Kier alpha value is -3.00. The van der Waals surface area contributed by atoms with Crippen molar-refractivity contribution in [2.75, 3.05) is 18.6 Å². The maximum absolute atomic E-state index is 12.8. The molecule has 0 bridgehead atoms. The number of unbranched alkanes of at least 4 members (excludes halogenated alkanes) is 1. The number of aliphatic carboxylic acids is 1. The van der Waals surface area contributed by atoms with Crippen molar-refractivity contribution in [2.24, 2.45) is 0 Å². The summed E-state index contributed by atoms with van der Waals surface area (Å²) < 4.78 is 5.57. The number of hydrogen-bond acceptors (Lipinski definition) is 5. The second-order valence-corrected chi connectivity index (χ2v) is 9.33. The molecule has 0 heterocycles. The molecule has 1 aliphatic rings. The van der Waals surface area contributed by atoms with E-state index in [0.717, 1.165) is 28.7 Å². The van der Waals surface area contributed by atoms with Crippen LogP contribution in [0.3, 0.4) is 0 Å². The Morgan fingerprint density at radius 1 is 0.971 bits per heavy atom. The first-order chi connectivity index (χ1) is 16.5. The van der Waals surface area contributed by atoms with E-state index in [2.05, 4.69) is 22.8 Å². The molecule has 34 heavy (non-hydrogen) atoms. The largest absolute Gasteiger partial charge is 0.480 e. The fraction of sp³-hybridized carbons (Fsp3) is 0.423. The summed E-state index contributed by atoms with van der Waals surface area (Å²) in [5.41, 5.74) is 4.49. The van der Waals surface area contributed by atoms with Crippen LogP contribution in [0.25, 0.3) is 11.1 Å². The minimum Gasteiger partial charge on any atom is -0.480 e. The number of ether oxygens (including phenoxy) is 1. The maximum Gasteiger partial charge on any atom is 0.407 e. The molecule has 0 saturated carbocycles. The highest BCUT2D eigenvalue weighted by atomic mass is 32.2. The fourth-order valence-electron chi connectivity index (χ4n) is 4.22. The second-order valence-electron chi connectivity index (χ2n) is 8.35. The van der Waals surface area contributed by atoms with Gasteiger partial charge in [0.2, 0.25) is 5.91 Å². The lowest BCUT2D eigenvalue weighted by Gasteiger charge is -2.22. The third kappa shape index (κ3) is 6.32. The Morgan fingerprint density at radius 2 is 1.59 bits per heavy atom. The lowest BCUT2D eigenvalue weighted by molar-refractivity contribution is -0.142. The van der Waals surface area contributed by atoms with Crippen molar-refractivity contribution in [1.82, 2.24) is 10.6 Å². The quantitative estimate of drug-likeness (QED) is 0.412. The van der Waals surface area contributed by atoms with E-state index in [1.54, 1.807) is 0 Å². The van der Waals surface area contributed by atoms with Crippen LogP contribution in [0, 0.1) is 0 Å². The molecule has 2 aromatic carbocycles. The molecule has 0 spiro atoms. The van der Waals surface area contributed by atoms with E-state index in [9.17, 15) is 19.5 Å². The van der Waals surface area contributed by atoms with Gasteiger partial charge in [0.1, 0.15) is 18.7 Å². The Labute approximate surface area is 204 Å². The molecular formula is C26H32N2O5S. The first kappa shape index (κ1) is 25.6. The zero-order valence-electron chi connectivity index (χ0n) is 19.6. The Bertz CT molecular complexity index is 967. The van der Waals surface area contributed by atoms with Gasteiger partial charge >= 0.3 is 12.1 Å². The summed E-state index contributed by atoms with van der Waals surface area (Å²) in [4.78, 5) is 37.0. The van der Waals surface area contributed by atoms with Crippen molar-refractivity contribution >= 4 is 29.7 Å². The third-order valence-electron chi connectivity index (χ3n) is 6.02. The minimum absolute atomic E-state index is 0.0796. The minimum atomic E-state index is -1.09. The molecule has 0 fully saturated rings. The molecule has 3 N–H and O–H groups in total. The SMILES string of the molecule is CCCC[C@H](NC(=O)OCC1c2ccccc2-c2ccccc21)C(=O)N[C@H](CCSC)C(=O)O. The number of benzene rings is 2. The summed E-state index contributed by atoms with van der Waals surface area (Å²) in [6.45, 7) is 2.13. The topological polar surface area (TPSA) is 105 Å². The van der Waals surface area contributed by atoms with Gasteiger partial charge in [-0.05, 0) is 47.1 Å². The Kier molecular flexibility index (Phi) is 9.39. The molecule has 182 valence electrons. The molecule has 0 radical (unpaired) electrons. The van der Waals surface area contributed by atoms with E-state index < -0.39 is 30.1 Å². The first-order valence-corrected chi connectivity index (χ1v) is 13.0. The van der Waals surface area contributed by atoms with Gasteiger partial charge in [-0.3, -0.25) is 4.79 Å². The van der Waals surface area contributed by atoms with Gasteiger partial charge in [0.15, 0.2) is 0 Å². The number of fused-ring (bicyclic) bond motifs is 3. The van der Waals surface area contributed by atoms with Crippen molar-refractivity contribution in [2.45, 2.75) is 50.6 Å². The number of rotatable bonds is 12. The summed E-state index contributed by atoms with van der Waals surface area (Å²) >= 11 is 1.51. The van der Waals surface area contributed by atoms with Crippen LogP contribution in [-0.2, 0) is 14.3 Å². The molecule has 2 amide bonds. The smallest absolute Gasteiger partial charge is 0.407 e. The highest BCUT2D eigenvalue weighted by molar-refractivity contribution is 7.98. The summed E-state index contributed by atoms with van der Waals surface area (Å²) in [5.74, 6) is -1.06. The molecule has 3 rings (SSSR count). The highest BCUT2D eigenvalue weighted by Crippen LogP contribution is 2.44. The number of carbonyl (C=O) groups excluding carboxylic acids is 2. The normalized spacial score (nSPS) is 13.9. The summed E-state index contributed by atoms with van der Waals surface area (Å²) in [6, 6.07) is 14.3. The molecule has 0 unspecified atom stereocenters. The molecule has 0 aromatic heterocycles. The van der Waals surface area contributed by atoms with Crippen LogP contribution in [0.2, 0.25) is 0 Å². The van der Waals surface area contributed by atoms with Crippen molar-refractivity contribution in [3.05, 3.63) is 59.7 Å². The van der Waals surface area contributed by atoms with Gasteiger partial charge in [0, 0.05) is 5.92 Å². The van der Waals surface area contributed by atoms with Crippen molar-refractivity contribution in [1.29, 1.82) is 0 Å². The van der Waals surface area contributed by atoms with Gasteiger partial charge in [-0.15, -0.1) is 0 Å². The molecule has 0 aliphatic heterocycles. The van der Waals surface area contributed by atoms with Gasteiger partial charge < -0.3 is 20.5 Å². The van der Waals surface area contributed by atoms with Crippen LogP contribution in [0.4, 0.5) is 4.79 Å². The fourth-order valence-corrected chi connectivity index (χ4v) is 4.70. The van der Waals surface area contributed by atoms with Gasteiger partial charge in [-0.25, -0.2) is 9.59 Å². The van der Waals surface area contributed by atoms with E-state index in [1.807, 2.05) is 49.6 Å². The maximum atomic E-state index is 12.8. The van der Waals surface area contributed by atoms with Crippen LogP contribution in [0.1, 0.15) is 49.7 Å². The lowest BCUT2D eigenvalue weighted by atomic mass is 9.98. The third-order valence-corrected chi connectivity index (χ3v) is 6.67. The van der Waals surface area contributed by atoms with Crippen LogP contribution < -0.4 is 10.6 Å². The number of alkyl carbamates (subject to hydrolysis) is 1. The van der Waals surface area contributed by atoms with Crippen LogP contribution in [-0.4, -0.2) is 53.8 Å². The summed E-state index contributed by atoms with van der Waals surface area (Å²) in [7, 11) is 0. The molecular weight excluding hydrogens is 452 g/mol. The zero-order chi connectivity index (χ0) is 24.5. The highest BCUT2D eigenvalue weighted by Gasteiger charge is 2.30. The van der Waals surface area contributed by atoms with E-state index in [4.69, 9.17) is 4.74 Å². The van der Waals surface area contributed by atoms with Gasteiger partial charge in [-0.1, -0.05) is 68.3 Å². The molecule has 8 heteroatoms. The van der Waals surface area contributed by atoms with Crippen molar-refractivity contribution in [3.63, 3.8) is 0 Å². The summed E-state index contributed by atoms with van der Waals surface area (Å²) in [6.07, 6.45) is 3.46. The van der Waals surface area contributed by atoms with Gasteiger partial charge in [0.05, 0.1) is 0 Å². The van der Waals surface area contributed by atoms with Crippen LogP contribution in [0.5, 0.6) is 0 Å². The van der Waals surface area contributed by atoms with E-state index >= 15 is 0 Å². The zero-order valence-corrected chi connectivity index (χ0v) is 20.4. The number of nitrogens with one attached hydrogen (secondary N) is 2. The van der Waals surface area contributed by atoms with Crippen LogP contribution in [0.15, 0.2) is 48.5 Å². The second kappa shape index (κ2) is 12.5. The average molecular weight is 485 g/mol. The molecule has 7 nitrogen and oxygen atoms in total. The number of carbonyl (C=O) groups is 3. The van der Waals surface area contributed by atoms with Crippen molar-refractivity contribution in [3.8, 4) is 11.1 Å². The predicted octanol–water partition coefficient (Wildman–Crippen LogP) is 4.41. The molecule has 2 atom stereocenters. The van der Waals surface area contributed by atoms with E-state index in [0.29, 0.717) is 25.0 Å². The van der Waals surface area contributed by atoms with E-state index in [1.165, 1.54) is 11.8 Å². The van der Waals surface area contributed by atoms with E-state index in [-0.39, 0.29) is 12.5 Å². The molecule has 2 aromatic rings. The van der Waals surface area contributed by atoms with Crippen molar-refractivity contribution < 1.29 is 24.2 Å². The molecule has 0 saturated heterocycles. The lowest BCUT2D eigenvalue weighted by Crippen LogP contribution is -2.51. The van der Waals surface area contributed by atoms with Crippen LogP contribution >= 0.6 is 11.8 Å². The predicted molar refractivity (Wildman–Crippen MR) is 134 cm³/mol. The summed E-state index contributed by atoms with van der Waals surface area (Å²) in [5, 5.41) is 14.6. The van der Waals surface area contributed by atoms with Gasteiger partial charge in [0.25, 0.3) is 0 Å². The standard InChI is InChI=1S/C26H32N2O5S/c1-3-4-13-22(24(29)27-23(25(30)31)14-15-34-2)28-26(32)33-16-21-19-11-7-5-9-17(19)18-10-6-8-12-20(18)21/h5-12,21-23H,3-4,13-16H2,1-2H3,(H,27,29)(H,28,32)(H,30,31)/t22-,23+/m0/s1. The average Bonchev–Trinajstić information content (AvgIpc) is 3.16. The number of carboxylic acids is 1. The Morgan fingerprint density at radius 3 is 2.15 bits per heavy atom. The molecule has 1 aliphatic carbocycles. The Balaban J connectivity index is 1.64. The number of thioether (sulfide) groups is 1. The first-order valence-electron chi connectivity index (χ1n) is 11.6.